The monoisotopic (exact) mass is 650 g/mol. The molecular weight excluding hydrogens is 617 g/mol. The summed E-state index contributed by atoms with van der Waals surface area (Å²) in [7, 11) is 0. The molecule has 240 valence electrons. The van der Waals surface area contributed by atoms with Gasteiger partial charge in [0.1, 0.15) is 11.5 Å². The fourth-order valence-corrected chi connectivity index (χ4v) is 8.45. The van der Waals surface area contributed by atoms with E-state index in [1.165, 1.54) is 77.9 Å². The van der Waals surface area contributed by atoms with E-state index < -0.39 is 5.41 Å². The van der Waals surface area contributed by atoms with Gasteiger partial charge in [0.15, 0.2) is 0 Å². The van der Waals surface area contributed by atoms with Crippen LogP contribution in [0.15, 0.2) is 188 Å². The van der Waals surface area contributed by atoms with Crippen LogP contribution in [0.2, 0.25) is 0 Å². The number of fused-ring (bicyclic) bond motifs is 7. The summed E-state index contributed by atoms with van der Waals surface area (Å²) in [6, 6.07) is 68.3. The largest absolute Gasteiger partial charge is 0.457 e. The Bertz CT molecular complexity index is 2620. The van der Waals surface area contributed by atoms with Crippen LogP contribution in [0.4, 0.5) is 0 Å². The maximum atomic E-state index is 6.90. The van der Waals surface area contributed by atoms with E-state index in [9.17, 15) is 0 Å². The highest BCUT2D eigenvalue weighted by Gasteiger charge is 2.45. The van der Waals surface area contributed by atoms with E-state index in [-0.39, 0.29) is 0 Å². The second-order valence-electron chi connectivity index (χ2n) is 13.8. The SMILES string of the molecule is C[C@]12c3ccccc3Oc3cc(-c4cccc(-c5ccccc5)c4)cc(c31)-c1ccccc1-c1cc(-c3cccc(-c4ccccc4)c3)ccc12. The van der Waals surface area contributed by atoms with E-state index in [2.05, 4.69) is 195 Å². The van der Waals surface area contributed by atoms with Gasteiger partial charge in [-0.3, -0.25) is 0 Å². The molecule has 1 nitrogen and oxygen atoms in total. The Morgan fingerprint density at radius 1 is 0.314 bits per heavy atom. The van der Waals surface area contributed by atoms with Crippen LogP contribution in [0.1, 0.15) is 23.6 Å². The average Bonchev–Trinajstić information content (AvgIpc) is 3.30. The first-order chi connectivity index (χ1) is 25.1. The Labute approximate surface area is 299 Å². The molecule has 0 unspecified atom stereocenters. The minimum atomic E-state index is -0.456. The van der Waals surface area contributed by atoms with Gasteiger partial charge in [-0.25, -0.2) is 0 Å². The molecule has 0 bridgehead atoms. The molecule has 1 heterocycles. The normalized spacial score (nSPS) is 15.0. The van der Waals surface area contributed by atoms with Crippen molar-refractivity contribution in [2.24, 2.45) is 0 Å². The van der Waals surface area contributed by atoms with Gasteiger partial charge in [-0.2, -0.15) is 0 Å². The van der Waals surface area contributed by atoms with Crippen LogP contribution in [0.3, 0.4) is 0 Å². The molecular formula is C50H34O. The molecule has 0 spiro atoms. The van der Waals surface area contributed by atoms with Crippen LogP contribution >= 0.6 is 0 Å². The van der Waals surface area contributed by atoms with Gasteiger partial charge in [-0.1, -0.05) is 152 Å². The summed E-state index contributed by atoms with van der Waals surface area (Å²) in [5.41, 5.74) is 17.7. The molecule has 10 rings (SSSR count). The van der Waals surface area contributed by atoms with Gasteiger partial charge >= 0.3 is 0 Å². The Kier molecular flexibility index (Phi) is 6.69. The van der Waals surface area contributed by atoms with Gasteiger partial charge in [0.05, 0.1) is 5.41 Å². The predicted molar refractivity (Wildman–Crippen MR) is 211 cm³/mol. The van der Waals surface area contributed by atoms with Gasteiger partial charge in [0.25, 0.3) is 0 Å². The van der Waals surface area contributed by atoms with E-state index in [0.717, 1.165) is 17.1 Å². The third-order valence-electron chi connectivity index (χ3n) is 10.9. The number of rotatable bonds is 4. The first kappa shape index (κ1) is 29.5. The van der Waals surface area contributed by atoms with Crippen LogP contribution in [0.5, 0.6) is 11.5 Å². The summed E-state index contributed by atoms with van der Waals surface area (Å²) in [5.74, 6) is 1.82. The molecule has 0 aromatic heterocycles. The highest BCUT2D eigenvalue weighted by molar-refractivity contribution is 5.96. The molecule has 0 saturated carbocycles. The molecule has 1 atom stereocenters. The van der Waals surface area contributed by atoms with Gasteiger partial charge < -0.3 is 4.74 Å². The number of hydrogen-bond acceptors (Lipinski definition) is 1. The lowest BCUT2D eigenvalue weighted by Crippen LogP contribution is -2.30. The molecule has 0 N–H and O–H groups in total. The molecule has 0 amide bonds. The zero-order valence-corrected chi connectivity index (χ0v) is 28.3. The first-order valence-electron chi connectivity index (χ1n) is 17.7. The first-order valence-corrected chi connectivity index (χ1v) is 17.7. The summed E-state index contributed by atoms with van der Waals surface area (Å²) in [6.07, 6.45) is 0. The molecule has 0 fully saturated rings. The summed E-state index contributed by atoms with van der Waals surface area (Å²) in [5, 5.41) is 0. The van der Waals surface area contributed by atoms with E-state index in [0.29, 0.717) is 0 Å². The Morgan fingerprint density at radius 2 is 0.804 bits per heavy atom. The summed E-state index contributed by atoms with van der Waals surface area (Å²) < 4.78 is 6.90. The van der Waals surface area contributed by atoms with Crippen LogP contribution in [0.25, 0.3) is 66.8 Å². The Morgan fingerprint density at radius 3 is 1.47 bits per heavy atom. The van der Waals surface area contributed by atoms with Crippen molar-refractivity contribution < 1.29 is 4.74 Å². The van der Waals surface area contributed by atoms with Gasteiger partial charge in [0.2, 0.25) is 0 Å². The number of para-hydroxylation sites is 1. The summed E-state index contributed by atoms with van der Waals surface area (Å²) >= 11 is 0. The second-order valence-corrected chi connectivity index (χ2v) is 13.8. The van der Waals surface area contributed by atoms with E-state index in [4.69, 9.17) is 4.74 Å². The molecule has 8 aromatic carbocycles. The maximum absolute atomic E-state index is 6.90. The highest BCUT2D eigenvalue weighted by atomic mass is 16.5. The summed E-state index contributed by atoms with van der Waals surface area (Å²) in [6.45, 7) is 2.40. The molecule has 1 aliphatic heterocycles. The number of ether oxygens (including phenoxy) is 1. The highest BCUT2D eigenvalue weighted by Crippen LogP contribution is 2.60. The van der Waals surface area contributed by atoms with Crippen LogP contribution in [-0.2, 0) is 5.41 Å². The zero-order chi connectivity index (χ0) is 33.9. The average molecular weight is 651 g/mol. The van der Waals surface area contributed by atoms with Gasteiger partial charge in [0, 0.05) is 11.1 Å². The van der Waals surface area contributed by atoms with E-state index in [1.54, 1.807) is 0 Å². The quantitative estimate of drug-likeness (QED) is 0.184. The van der Waals surface area contributed by atoms with Crippen molar-refractivity contribution >= 4 is 0 Å². The smallest absolute Gasteiger partial charge is 0.133 e. The molecule has 2 aliphatic rings. The molecule has 1 heteroatoms. The fourth-order valence-electron chi connectivity index (χ4n) is 8.45. The third-order valence-corrected chi connectivity index (χ3v) is 10.9. The lowest BCUT2D eigenvalue weighted by molar-refractivity contribution is 0.429. The molecule has 51 heavy (non-hydrogen) atoms. The topological polar surface area (TPSA) is 9.23 Å². The van der Waals surface area contributed by atoms with Crippen molar-refractivity contribution in [3.8, 4) is 78.3 Å². The van der Waals surface area contributed by atoms with Crippen molar-refractivity contribution in [1.29, 1.82) is 0 Å². The Balaban J connectivity index is 1.22. The predicted octanol–water partition coefficient (Wildman–Crippen LogP) is 13.5. The van der Waals surface area contributed by atoms with Crippen molar-refractivity contribution in [2.75, 3.05) is 0 Å². The number of benzene rings is 8. The molecule has 0 radical (unpaired) electrons. The molecule has 1 aliphatic carbocycles. The maximum Gasteiger partial charge on any atom is 0.133 e. The Hall–Kier alpha value is -6.44. The lowest BCUT2D eigenvalue weighted by Gasteiger charge is -2.39. The minimum Gasteiger partial charge on any atom is -0.457 e. The third kappa shape index (κ3) is 4.70. The van der Waals surface area contributed by atoms with Gasteiger partial charge in [-0.05, 0) is 116 Å². The lowest BCUT2D eigenvalue weighted by atomic mass is 9.67. The number of hydrogen-bond donors (Lipinski definition) is 0. The second kappa shape index (κ2) is 11.6. The minimum absolute atomic E-state index is 0.456. The van der Waals surface area contributed by atoms with Crippen molar-refractivity contribution in [2.45, 2.75) is 12.3 Å². The zero-order valence-electron chi connectivity index (χ0n) is 28.3. The van der Waals surface area contributed by atoms with Crippen LogP contribution < -0.4 is 4.74 Å². The fraction of sp³-hybridized carbons (Fsp3) is 0.0400. The molecule has 0 saturated heterocycles. The van der Waals surface area contributed by atoms with E-state index in [1.807, 2.05) is 0 Å². The van der Waals surface area contributed by atoms with Crippen molar-refractivity contribution in [3.05, 3.63) is 205 Å². The van der Waals surface area contributed by atoms with Crippen molar-refractivity contribution in [1.82, 2.24) is 0 Å². The summed E-state index contributed by atoms with van der Waals surface area (Å²) in [4.78, 5) is 0. The molecule has 8 aromatic rings. The van der Waals surface area contributed by atoms with Crippen LogP contribution in [0, 0.1) is 0 Å². The standard InChI is InChI=1S/C50H34O/c1-50-45-27-26-39(37-20-12-18-35(28-37)33-14-4-2-5-15-33)30-43(45)41-22-8-9-23-42(41)44-31-40(32-48(49(44)50)51-47-25-11-10-24-46(47)50)38-21-13-19-36(29-38)34-16-6-3-7-17-34/h2-32H,1H3/t50-/m0/s1. The van der Waals surface area contributed by atoms with E-state index >= 15 is 0 Å². The van der Waals surface area contributed by atoms with Gasteiger partial charge in [-0.15, -0.1) is 0 Å². The van der Waals surface area contributed by atoms with Crippen molar-refractivity contribution in [3.63, 3.8) is 0 Å². The van der Waals surface area contributed by atoms with Crippen LogP contribution in [-0.4, -0.2) is 0 Å².